The van der Waals surface area contributed by atoms with Crippen LogP contribution in [0.15, 0.2) is 24.3 Å². The van der Waals surface area contributed by atoms with E-state index < -0.39 is 18.0 Å². The Kier molecular flexibility index (Phi) is 3.39. The van der Waals surface area contributed by atoms with Crippen molar-refractivity contribution in [3.05, 3.63) is 35.5 Å². The Morgan fingerprint density at radius 1 is 1.24 bits per heavy atom. The van der Waals surface area contributed by atoms with Gasteiger partial charge in [0.1, 0.15) is 6.04 Å². The van der Waals surface area contributed by atoms with Gasteiger partial charge in [-0.1, -0.05) is 18.2 Å². The molecule has 6 heteroatoms. The average Bonchev–Trinajstić information content (AvgIpc) is 2.83. The molecule has 0 aliphatic carbocycles. The molecule has 0 spiro atoms. The number of benzene rings is 1. The molecule has 0 bridgehead atoms. The number of aromatic amines is 1. The van der Waals surface area contributed by atoms with Crippen LogP contribution in [0.2, 0.25) is 0 Å². The first-order valence-corrected chi connectivity index (χ1v) is 6.86. The number of hydrogen-bond donors (Lipinski definition) is 4. The molecular formula is C15H16N2O4. The molecular weight excluding hydrogens is 272 g/mol. The molecule has 2 heterocycles. The van der Waals surface area contributed by atoms with Gasteiger partial charge in [-0.05, 0) is 18.1 Å². The van der Waals surface area contributed by atoms with Crippen molar-refractivity contribution in [1.29, 1.82) is 0 Å². The number of carboxylic acids is 2. The van der Waals surface area contributed by atoms with Gasteiger partial charge in [0.2, 0.25) is 0 Å². The van der Waals surface area contributed by atoms with Crippen molar-refractivity contribution in [2.45, 2.75) is 31.3 Å². The maximum Gasteiger partial charge on any atom is 0.321 e. The second-order valence-corrected chi connectivity index (χ2v) is 5.31. The smallest absolute Gasteiger partial charge is 0.321 e. The lowest BCUT2D eigenvalue weighted by Gasteiger charge is -2.28. The first kappa shape index (κ1) is 13.6. The number of carboxylic acid groups (broad SMARTS) is 2. The molecule has 0 fully saturated rings. The Morgan fingerprint density at radius 2 is 2.00 bits per heavy atom. The molecule has 1 aliphatic heterocycles. The maximum atomic E-state index is 11.3. The second kappa shape index (κ2) is 5.21. The molecule has 1 aromatic heterocycles. The van der Waals surface area contributed by atoms with Gasteiger partial charge in [-0.15, -0.1) is 0 Å². The van der Waals surface area contributed by atoms with E-state index in [4.69, 9.17) is 5.11 Å². The summed E-state index contributed by atoms with van der Waals surface area (Å²) in [5.74, 6) is -1.79. The maximum absolute atomic E-state index is 11.3. The topological polar surface area (TPSA) is 102 Å². The number of aromatic nitrogens is 1. The lowest BCUT2D eigenvalue weighted by atomic mass is 9.92. The molecule has 0 unspecified atom stereocenters. The molecule has 0 saturated heterocycles. The van der Waals surface area contributed by atoms with Crippen molar-refractivity contribution in [3.8, 4) is 0 Å². The molecule has 0 radical (unpaired) electrons. The average molecular weight is 288 g/mol. The molecule has 21 heavy (non-hydrogen) atoms. The molecule has 0 amide bonds. The number of H-pyrrole nitrogens is 1. The lowest BCUT2D eigenvalue weighted by Crippen LogP contribution is -2.44. The lowest BCUT2D eigenvalue weighted by molar-refractivity contribution is -0.139. The van der Waals surface area contributed by atoms with Gasteiger partial charge in [-0.2, -0.15) is 0 Å². The fourth-order valence-electron chi connectivity index (χ4n) is 2.98. The van der Waals surface area contributed by atoms with Gasteiger partial charge in [-0.3, -0.25) is 14.9 Å². The number of aliphatic carboxylic acids is 2. The van der Waals surface area contributed by atoms with Gasteiger partial charge in [0.05, 0.1) is 0 Å². The third-order valence-electron chi connectivity index (χ3n) is 3.95. The molecule has 3 rings (SSSR count). The van der Waals surface area contributed by atoms with Gasteiger partial charge in [0, 0.05) is 35.5 Å². The van der Waals surface area contributed by atoms with E-state index in [1.54, 1.807) is 0 Å². The summed E-state index contributed by atoms with van der Waals surface area (Å²) in [6.07, 6.45) is 0.760. The minimum absolute atomic E-state index is 0.00118. The highest BCUT2D eigenvalue weighted by molar-refractivity contribution is 5.86. The van der Waals surface area contributed by atoms with Crippen molar-refractivity contribution >= 4 is 22.8 Å². The van der Waals surface area contributed by atoms with Crippen LogP contribution >= 0.6 is 0 Å². The van der Waals surface area contributed by atoms with Gasteiger partial charge in [0.25, 0.3) is 0 Å². The Hall–Kier alpha value is -2.34. The number of hydrogen-bond acceptors (Lipinski definition) is 3. The van der Waals surface area contributed by atoms with E-state index in [1.165, 1.54) is 0 Å². The highest BCUT2D eigenvalue weighted by Gasteiger charge is 2.32. The van der Waals surface area contributed by atoms with Crippen LogP contribution < -0.4 is 5.32 Å². The molecule has 2 atom stereocenters. The minimum Gasteiger partial charge on any atom is -0.481 e. The number of rotatable bonds is 4. The Bertz CT molecular complexity index is 707. The molecule has 1 aromatic carbocycles. The summed E-state index contributed by atoms with van der Waals surface area (Å²) in [6.45, 7) is 0. The first-order valence-electron chi connectivity index (χ1n) is 6.86. The minimum atomic E-state index is -0.911. The summed E-state index contributed by atoms with van der Waals surface area (Å²) in [4.78, 5) is 25.4. The van der Waals surface area contributed by atoms with Crippen molar-refractivity contribution in [2.75, 3.05) is 0 Å². The summed E-state index contributed by atoms with van der Waals surface area (Å²) < 4.78 is 0. The van der Waals surface area contributed by atoms with E-state index in [0.29, 0.717) is 12.8 Å². The molecule has 0 saturated carbocycles. The van der Waals surface area contributed by atoms with Crippen LogP contribution in [0.4, 0.5) is 0 Å². The molecule has 110 valence electrons. The quantitative estimate of drug-likeness (QED) is 0.685. The Labute approximate surface area is 120 Å². The molecule has 6 nitrogen and oxygen atoms in total. The van der Waals surface area contributed by atoms with E-state index in [9.17, 15) is 14.7 Å². The zero-order valence-corrected chi connectivity index (χ0v) is 11.3. The highest BCUT2D eigenvalue weighted by atomic mass is 16.4. The zero-order chi connectivity index (χ0) is 15.0. The van der Waals surface area contributed by atoms with E-state index in [1.807, 2.05) is 24.3 Å². The highest BCUT2D eigenvalue weighted by Crippen LogP contribution is 2.33. The van der Waals surface area contributed by atoms with Crippen molar-refractivity contribution in [2.24, 2.45) is 0 Å². The summed E-state index contributed by atoms with van der Waals surface area (Å²) in [7, 11) is 0. The third kappa shape index (κ3) is 2.50. The molecule has 1 aliphatic rings. The standard InChI is InChI=1S/C15H16N2O4/c18-13(19)6-5-11-14-9(7-12(16-11)15(20)21)8-3-1-2-4-10(8)17-14/h1-4,11-12,16-17H,5-7H2,(H,18,19)(H,20,21)/t11-,12-/m0/s1. The predicted molar refractivity (Wildman–Crippen MR) is 76.2 cm³/mol. The normalized spacial score (nSPS) is 21.1. The van der Waals surface area contributed by atoms with Crippen LogP contribution in [0.5, 0.6) is 0 Å². The van der Waals surface area contributed by atoms with Crippen molar-refractivity contribution in [1.82, 2.24) is 10.3 Å². The second-order valence-electron chi connectivity index (χ2n) is 5.31. The van der Waals surface area contributed by atoms with Crippen LogP contribution in [0.25, 0.3) is 10.9 Å². The monoisotopic (exact) mass is 288 g/mol. The fraction of sp³-hybridized carbons (Fsp3) is 0.333. The van der Waals surface area contributed by atoms with E-state index in [-0.39, 0.29) is 12.5 Å². The number of para-hydroxylation sites is 1. The van der Waals surface area contributed by atoms with Crippen LogP contribution in [0.1, 0.15) is 30.1 Å². The van der Waals surface area contributed by atoms with Crippen molar-refractivity contribution in [3.63, 3.8) is 0 Å². The Morgan fingerprint density at radius 3 is 2.71 bits per heavy atom. The van der Waals surface area contributed by atoms with Crippen molar-refractivity contribution < 1.29 is 19.8 Å². The first-order chi connectivity index (χ1) is 10.1. The van der Waals surface area contributed by atoms with E-state index in [0.717, 1.165) is 22.2 Å². The summed E-state index contributed by atoms with van der Waals surface area (Å²) >= 11 is 0. The number of fused-ring (bicyclic) bond motifs is 3. The van der Waals surface area contributed by atoms with Gasteiger partial charge < -0.3 is 15.2 Å². The summed E-state index contributed by atoms with van der Waals surface area (Å²) in [5, 5.41) is 22.2. The van der Waals surface area contributed by atoms with Crippen LogP contribution in [-0.2, 0) is 16.0 Å². The SMILES string of the molecule is O=C(O)CC[C@@H]1N[C@H](C(=O)O)Cc2c1[nH]c1ccccc21. The molecule has 2 aromatic rings. The third-order valence-corrected chi connectivity index (χ3v) is 3.95. The van der Waals surface area contributed by atoms with E-state index >= 15 is 0 Å². The van der Waals surface area contributed by atoms with E-state index in [2.05, 4.69) is 10.3 Å². The fourth-order valence-corrected chi connectivity index (χ4v) is 2.98. The van der Waals surface area contributed by atoms with Gasteiger partial charge in [0.15, 0.2) is 0 Å². The van der Waals surface area contributed by atoms with Gasteiger partial charge in [-0.25, -0.2) is 0 Å². The van der Waals surface area contributed by atoms with Crippen LogP contribution in [-0.4, -0.2) is 33.2 Å². The summed E-state index contributed by atoms with van der Waals surface area (Å²) in [5.41, 5.74) is 2.85. The predicted octanol–water partition coefficient (Wildman–Crippen LogP) is 1.67. The summed E-state index contributed by atoms with van der Waals surface area (Å²) in [6, 6.07) is 6.77. The number of nitrogens with one attached hydrogen (secondary N) is 2. The van der Waals surface area contributed by atoms with Crippen LogP contribution in [0, 0.1) is 0 Å². The van der Waals surface area contributed by atoms with Crippen LogP contribution in [0.3, 0.4) is 0 Å². The largest absolute Gasteiger partial charge is 0.481 e. The molecule has 4 N–H and O–H groups in total. The zero-order valence-electron chi connectivity index (χ0n) is 11.3. The van der Waals surface area contributed by atoms with Gasteiger partial charge >= 0.3 is 11.9 Å². The Balaban J connectivity index is 2.02. The number of carbonyl (C=O) groups is 2.